The third-order valence-corrected chi connectivity index (χ3v) is 2.36. The summed E-state index contributed by atoms with van der Waals surface area (Å²) in [6, 6.07) is 9.21. The molecule has 82 valence electrons. The predicted molar refractivity (Wildman–Crippen MR) is 65.1 cm³/mol. The van der Waals surface area contributed by atoms with Crippen LogP contribution in [-0.4, -0.2) is 9.97 Å². The van der Waals surface area contributed by atoms with E-state index in [2.05, 4.69) is 16.5 Å². The van der Waals surface area contributed by atoms with E-state index in [-0.39, 0.29) is 5.56 Å². The van der Waals surface area contributed by atoms with E-state index in [1.54, 1.807) is 12.1 Å². The molecule has 0 aliphatic carbocycles. The second kappa shape index (κ2) is 4.45. The molecule has 1 heterocycles. The Labute approximate surface area is 97.9 Å². The maximum Gasteiger partial charge on any atom is 0.269 e. The first-order valence-corrected chi connectivity index (χ1v) is 4.97. The van der Waals surface area contributed by atoms with Gasteiger partial charge >= 0.3 is 0 Å². The molecule has 0 aliphatic rings. The number of aromatic nitrogens is 2. The normalized spacial score (nSPS) is 9.59. The summed E-state index contributed by atoms with van der Waals surface area (Å²) in [4.78, 5) is 18.1. The van der Waals surface area contributed by atoms with Crippen LogP contribution in [0.3, 0.4) is 0 Å². The van der Waals surface area contributed by atoms with E-state index in [0.717, 1.165) is 11.1 Å². The molecule has 0 saturated carbocycles. The molecule has 2 rings (SSSR count). The van der Waals surface area contributed by atoms with E-state index in [0.29, 0.717) is 5.82 Å². The monoisotopic (exact) mass is 223 g/mol. The number of H-pyrrole nitrogens is 1. The minimum atomic E-state index is -0.434. The fourth-order valence-corrected chi connectivity index (χ4v) is 1.50. The molecule has 1 aromatic carbocycles. The molecule has 1 N–H and O–H groups in total. The molecule has 4 heteroatoms. The minimum Gasteiger partial charge on any atom is -0.305 e. The number of hydrogen-bond acceptors (Lipinski definition) is 3. The van der Waals surface area contributed by atoms with Gasteiger partial charge in [0.05, 0.1) is 6.20 Å². The highest BCUT2D eigenvalue weighted by Crippen LogP contribution is 2.19. The molecule has 0 aliphatic heterocycles. The quantitative estimate of drug-likeness (QED) is 0.845. The first-order valence-electron chi connectivity index (χ1n) is 4.97. The number of rotatable bonds is 2. The zero-order chi connectivity index (χ0) is 12.3. The van der Waals surface area contributed by atoms with Crippen molar-refractivity contribution in [2.75, 3.05) is 0 Å². The van der Waals surface area contributed by atoms with Crippen molar-refractivity contribution in [3.63, 3.8) is 0 Å². The third kappa shape index (κ3) is 1.99. The van der Waals surface area contributed by atoms with Crippen LogP contribution in [0.4, 0.5) is 0 Å². The molecular weight excluding hydrogens is 214 g/mol. The molecule has 17 heavy (non-hydrogen) atoms. The fourth-order valence-electron chi connectivity index (χ4n) is 1.50. The van der Waals surface area contributed by atoms with Gasteiger partial charge in [-0.15, -0.1) is 0 Å². The van der Waals surface area contributed by atoms with Crippen molar-refractivity contribution >= 4 is 6.08 Å². The molecule has 0 fully saturated rings. The van der Waals surface area contributed by atoms with Gasteiger partial charge in [-0.25, -0.2) is 4.98 Å². The number of nitriles is 1. The van der Waals surface area contributed by atoms with Gasteiger partial charge in [-0.1, -0.05) is 36.9 Å². The summed E-state index contributed by atoms with van der Waals surface area (Å²) < 4.78 is 0. The largest absolute Gasteiger partial charge is 0.305 e. The summed E-state index contributed by atoms with van der Waals surface area (Å²) in [5.74, 6) is 0.435. The highest BCUT2D eigenvalue weighted by molar-refractivity contribution is 5.70. The van der Waals surface area contributed by atoms with Gasteiger partial charge in [0.25, 0.3) is 5.56 Å². The Hall–Kier alpha value is -2.67. The summed E-state index contributed by atoms with van der Waals surface area (Å²) in [7, 11) is 0. The van der Waals surface area contributed by atoms with Crippen molar-refractivity contribution in [2.45, 2.75) is 0 Å². The van der Waals surface area contributed by atoms with Gasteiger partial charge in [-0.05, 0) is 5.56 Å². The van der Waals surface area contributed by atoms with E-state index in [9.17, 15) is 4.79 Å². The zero-order valence-electron chi connectivity index (χ0n) is 8.97. The van der Waals surface area contributed by atoms with Crippen LogP contribution in [0.2, 0.25) is 0 Å². The van der Waals surface area contributed by atoms with Crippen LogP contribution in [0.1, 0.15) is 11.1 Å². The molecule has 0 spiro atoms. The van der Waals surface area contributed by atoms with Crippen LogP contribution in [-0.2, 0) is 0 Å². The third-order valence-electron chi connectivity index (χ3n) is 2.36. The van der Waals surface area contributed by atoms with Crippen LogP contribution in [0.25, 0.3) is 17.5 Å². The zero-order valence-corrected chi connectivity index (χ0v) is 8.97. The highest BCUT2D eigenvalue weighted by atomic mass is 16.1. The Morgan fingerprint density at radius 1 is 1.41 bits per heavy atom. The van der Waals surface area contributed by atoms with E-state index >= 15 is 0 Å². The van der Waals surface area contributed by atoms with Gasteiger partial charge in [0.15, 0.2) is 0 Å². The lowest BCUT2D eigenvalue weighted by Crippen LogP contribution is -2.12. The first-order chi connectivity index (χ1) is 8.26. The maximum atomic E-state index is 11.5. The summed E-state index contributed by atoms with van der Waals surface area (Å²) in [6.45, 7) is 3.70. The Morgan fingerprint density at radius 2 is 2.18 bits per heavy atom. The lowest BCUT2D eigenvalue weighted by molar-refractivity contribution is 1.11. The van der Waals surface area contributed by atoms with Gasteiger partial charge in [-0.2, -0.15) is 5.26 Å². The Morgan fingerprint density at radius 3 is 2.82 bits per heavy atom. The second-order valence-corrected chi connectivity index (χ2v) is 3.38. The minimum absolute atomic E-state index is 0.00448. The smallest absolute Gasteiger partial charge is 0.269 e. The van der Waals surface area contributed by atoms with Crippen LogP contribution in [0, 0.1) is 11.3 Å². The van der Waals surface area contributed by atoms with Crippen molar-refractivity contribution in [2.24, 2.45) is 0 Å². The number of aromatic amines is 1. The van der Waals surface area contributed by atoms with Crippen LogP contribution < -0.4 is 5.56 Å². The number of hydrogen-bond donors (Lipinski definition) is 1. The summed E-state index contributed by atoms with van der Waals surface area (Å²) in [5, 5.41) is 8.65. The summed E-state index contributed by atoms with van der Waals surface area (Å²) in [5.41, 5.74) is 1.23. The molecule has 0 bridgehead atoms. The maximum absolute atomic E-state index is 11.5. The van der Waals surface area contributed by atoms with Gasteiger partial charge < -0.3 is 4.98 Å². The van der Waals surface area contributed by atoms with Crippen molar-refractivity contribution in [3.05, 3.63) is 58.5 Å². The molecule has 0 amide bonds. The number of nitrogens with one attached hydrogen (secondary N) is 1. The molecular formula is C13H9N3O. The topological polar surface area (TPSA) is 69.5 Å². The van der Waals surface area contributed by atoms with Crippen LogP contribution >= 0.6 is 0 Å². The number of benzene rings is 1. The average Bonchev–Trinajstić information content (AvgIpc) is 2.38. The lowest BCUT2D eigenvalue weighted by atomic mass is 10.1. The predicted octanol–water partition coefficient (Wildman–Crippen LogP) is 1.95. The van der Waals surface area contributed by atoms with Crippen molar-refractivity contribution in [3.8, 4) is 17.5 Å². The van der Waals surface area contributed by atoms with E-state index in [1.807, 2.05) is 24.3 Å². The number of nitrogens with zero attached hydrogens (tertiary/aromatic N) is 2. The van der Waals surface area contributed by atoms with Crippen molar-refractivity contribution in [1.82, 2.24) is 9.97 Å². The summed E-state index contributed by atoms with van der Waals surface area (Å²) >= 11 is 0. The Kier molecular flexibility index (Phi) is 2.84. The summed E-state index contributed by atoms with van der Waals surface area (Å²) in [6.07, 6.45) is 2.96. The highest BCUT2D eigenvalue weighted by Gasteiger charge is 2.06. The van der Waals surface area contributed by atoms with E-state index < -0.39 is 5.56 Å². The van der Waals surface area contributed by atoms with E-state index in [4.69, 9.17) is 5.26 Å². The van der Waals surface area contributed by atoms with Gasteiger partial charge in [0.2, 0.25) is 0 Å². The van der Waals surface area contributed by atoms with Crippen molar-refractivity contribution in [1.29, 1.82) is 5.26 Å². The first kappa shape index (κ1) is 10.8. The Balaban J connectivity index is 2.62. The average molecular weight is 223 g/mol. The lowest BCUT2D eigenvalue weighted by Gasteiger charge is -2.04. The molecule has 0 radical (unpaired) electrons. The van der Waals surface area contributed by atoms with Crippen LogP contribution in [0.5, 0.6) is 0 Å². The van der Waals surface area contributed by atoms with Crippen molar-refractivity contribution < 1.29 is 0 Å². The van der Waals surface area contributed by atoms with E-state index in [1.165, 1.54) is 6.20 Å². The molecule has 0 saturated heterocycles. The Bertz CT molecular complexity index is 665. The molecule has 0 atom stereocenters. The van der Waals surface area contributed by atoms with Gasteiger partial charge in [0, 0.05) is 5.56 Å². The SMILES string of the molecule is C=Cc1ccccc1-c1ncc(C#N)c(=O)[nH]1. The molecule has 2 aromatic rings. The van der Waals surface area contributed by atoms with Crippen LogP contribution in [0.15, 0.2) is 41.8 Å². The molecule has 0 unspecified atom stereocenters. The standard InChI is InChI=1S/C13H9N3O/c1-2-9-5-3-4-6-11(9)12-15-8-10(7-14)13(17)16-12/h2-6,8H,1H2,(H,15,16,17). The fraction of sp³-hybridized carbons (Fsp3) is 0. The second-order valence-electron chi connectivity index (χ2n) is 3.38. The molecule has 1 aromatic heterocycles. The van der Waals surface area contributed by atoms with Gasteiger partial charge in [0.1, 0.15) is 17.5 Å². The van der Waals surface area contributed by atoms with Gasteiger partial charge in [-0.3, -0.25) is 4.79 Å². The molecule has 4 nitrogen and oxygen atoms in total.